The number of amides is 1. The van der Waals surface area contributed by atoms with Gasteiger partial charge in [-0.15, -0.1) is 0 Å². The van der Waals surface area contributed by atoms with Gasteiger partial charge in [0.25, 0.3) is 0 Å². The maximum Gasteiger partial charge on any atom is 0.226 e. The van der Waals surface area contributed by atoms with Gasteiger partial charge in [0.05, 0.1) is 0 Å². The molecule has 0 heterocycles. The van der Waals surface area contributed by atoms with Crippen LogP contribution in [-0.4, -0.2) is 29.9 Å². The molecule has 0 bridgehead atoms. The zero-order chi connectivity index (χ0) is 11.3. The third kappa shape index (κ3) is 4.09. The minimum absolute atomic E-state index is 0.0591. The highest BCUT2D eigenvalue weighted by Crippen LogP contribution is 2.09. The van der Waals surface area contributed by atoms with E-state index in [-0.39, 0.29) is 17.9 Å². The van der Waals surface area contributed by atoms with Gasteiger partial charge in [-0.05, 0) is 19.8 Å². The second-order valence-electron chi connectivity index (χ2n) is 4.61. The summed E-state index contributed by atoms with van der Waals surface area (Å²) in [4.78, 5) is 13.8. The van der Waals surface area contributed by atoms with Crippen LogP contribution in [0, 0.1) is 11.8 Å². The summed E-state index contributed by atoms with van der Waals surface area (Å²) < 4.78 is 0. The van der Waals surface area contributed by atoms with Crippen LogP contribution in [-0.2, 0) is 4.79 Å². The average Bonchev–Trinajstić information content (AvgIpc) is 2.11. The van der Waals surface area contributed by atoms with Crippen LogP contribution in [0.15, 0.2) is 0 Å². The van der Waals surface area contributed by atoms with Crippen molar-refractivity contribution in [3.8, 4) is 0 Å². The summed E-state index contributed by atoms with van der Waals surface area (Å²) in [6.07, 6.45) is 0. The SMILES string of the molecule is CC(C)CN(C(=O)C(C)CN)C(C)C. The normalized spacial score (nSPS) is 13.4. The summed E-state index contributed by atoms with van der Waals surface area (Å²) >= 11 is 0. The molecule has 0 aliphatic rings. The van der Waals surface area contributed by atoms with Crippen molar-refractivity contribution in [2.45, 2.75) is 40.7 Å². The van der Waals surface area contributed by atoms with E-state index in [9.17, 15) is 4.79 Å². The first kappa shape index (κ1) is 13.4. The lowest BCUT2D eigenvalue weighted by atomic mass is 10.1. The predicted molar refractivity (Wildman–Crippen MR) is 59.9 cm³/mol. The molecule has 0 aliphatic carbocycles. The van der Waals surface area contributed by atoms with Crippen LogP contribution in [0.25, 0.3) is 0 Å². The second-order valence-corrected chi connectivity index (χ2v) is 4.61. The van der Waals surface area contributed by atoms with Crippen molar-refractivity contribution in [1.82, 2.24) is 4.90 Å². The number of carbonyl (C=O) groups excluding carboxylic acids is 1. The third-order valence-electron chi connectivity index (χ3n) is 2.24. The molecular weight excluding hydrogens is 176 g/mol. The van der Waals surface area contributed by atoms with Gasteiger partial charge in [0, 0.05) is 25.0 Å². The Labute approximate surface area is 87.6 Å². The first-order valence-electron chi connectivity index (χ1n) is 5.40. The molecule has 0 spiro atoms. The molecule has 0 saturated heterocycles. The number of nitrogens with two attached hydrogens (primary N) is 1. The van der Waals surface area contributed by atoms with Gasteiger partial charge in [0.2, 0.25) is 5.91 Å². The quantitative estimate of drug-likeness (QED) is 0.730. The summed E-state index contributed by atoms with van der Waals surface area (Å²) in [5.41, 5.74) is 5.49. The fourth-order valence-electron chi connectivity index (χ4n) is 1.33. The highest BCUT2D eigenvalue weighted by Gasteiger charge is 2.22. The minimum Gasteiger partial charge on any atom is -0.340 e. The fraction of sp³-hybridized carbons (Fsp3) is 0.909. The maximum absolute atomic E-state index is 11.9. The lowest BCUT2D eigenvalue weighted by Crippen LogP contribution is -2.44. The highest BCUT2D eigenvalue weighted by atomic mass is 16.2. The van der Waals surface area contributed by atoms with Crippen molar-refractivity contribution in [3.63, 3.8) is 0 Å². The summed E-state index contributed by atoms with van der Waals surface area (Å²) in [6, 6.07) is 0.263. The Morgan fingerprint density at radius 3 is 2.00 bits per heavy atom. The first-order chi connectivity index (χ1) is 6.40. The molecule has 3 heteroatoms. The van der Waals surface area contributed by atoms with E-state index in [0.717, 1.165) is 6.54 Å². The molecule has 0 fully saturated rings. The van der Waals surface area contributed by atoms with Crippen LogP contribution in [0.1, 0.15) is 34.6 Å². The van der Waals surface area contributed by atoms with Crippen LogP contribution in [0.5, 0.6) is 0 Å². The predicted octanol–water partition coefficient (Wildman–Crippen LogP) is 1.47. The maximum atomic E-state index is 11.9. The summed E-state index contributed by atoms with van der Waals surface area (Å²) in [5.74, 6) is 0.624. The summed E-state index contributed by atoms with van der Waals surface area (Å²) in [6.45, 7) is 11.5. The van der Waals surface area contributed by atoms with Crippen molar-refractivity contribution in [3.05, 3.63) is 0 Å². The van der Waals surface area contributed by atoms with Crippen molar-refractivity contribution in [2.24, 2.45) is 17.6 Å². The number of carbonyl (C=O) groups is 1. The lowest BCUT2D eigenvalue weighted by molar-refractivity contribution is -0.137. The standard InChI is InChI=1S/C11H24N2O/c1-8(2)7-13(9(3)4)11(14)10(5)6-12/h8-10H,6-7,12H2,1-5H3. The minimum atomic E-state index is -0.0591. The Balaban J connectivity index is 4.41. The van der Waals surface area contributed by atoms with Gasteiger partial charge in [-0.1, -0.05) is 20.8 Å². The average molecular weight is 200 g/mol. The largest absolute Gasteiger partial charge is 0.340 e. The van der Waals surface area contributed by atoms with Crippen molar-refractivity contribution < 1.29 is 4.79 Å². The number of hydrogen-bond donors (Lipinski definition) is 1. The van der Waals surface area contributed by atoms with E-state index in [2.05, 4.69) is 13.8 Å². The molecule has 0 rings (SSSR count). The Bertz CT molecular complexity index is 178. The van der Waals surface area contributed by atoms with Crippen molar-refractivity contribution >= 4 is 5.91 Å². The van der Waals surface area contributed by atoms with E-state index in [1.165, 1.54) is 0 Å². The van der Waals surface area contributed by atoms with E-state index < -0.39 is 0 Å². The van der Waals surface area contributed by atoms with Crippen molar-refractivity contribution in [2.75, 3.05) is 13.1 Å². The zero-order valence-electron chi connectivity index (χ0n) is 10.1. The molecule has 1 unspecified atom stereocenters. The van der Waals surface area contributed by atoms with Crippen LogP contribution < -0.4 is 5.73 Å². The van der Waals surface area contributed by atoms with E-state index in [0.29, 0.717) is 12.5 Å². The van der Waals surface area contributed by atoms with Gasteiger partial charge in [-0.25, -0.2) is 0 Å². The van der Waals surface area contributed by atoms with Gasteiger partial charge in [-0.2, -0.15) is 0 Å². The molecule has 1 amide bonds. The van der Waals surface area contributed by atoms with Crippen LogP contribution in [0.2, 0.25) is 0 Å². The van der Waals surface area contributed by atoms with Gasteiger partial charge < -0.3 is 10.6 Å². The van der Waals surface area contributed by atoms with E-state index in [1.54, 1.807) is 0 Å². The molecule has 1 atom stereocenters. The monoisotopic (exact) mass is 200 g/mol. The molecule has 0 aliphatic heterocycles. The Kier molecular flexibility index (Phi) is 5.77. The Hall–Kier alpha value is -0.570. The van der Waals surface area contributed by atoms with Gasteiger partial charge in [-0.3, -0.25) is 4.79 Å². The summed E-state index contributed by atoms with van der Waals surface area (Å²) in [5, 5.41) is 0. The Morgan fingerprint density at radius 2 is 1.71 bits per heavy atom. The Morgan fingerprint density at radius 1 is 1.21 bits per heavy atom. The molecule has 0 saturated carbocycles. The van der Waals surface area contributed by atoms with Gasteiger partial charge in [0.15, 0.2) is 0 Å². The summed E-state index contributed by atoms with van der Waals surface area (Å²) in [7, 11) is 0. The lowest BCUT2D eigenvalue weighted by Gasteiger charge is -2.30. The van der Waals surface area contributed by atoms with E-state index in [4.69, 9.17) is 5.73 Å². The van der Waals surface area contributed by atoms with Gasteiger partial charge >= 0.3 is 0 Å². The second kappa shape index (κ2) is 6.02. The number of rotatable bonds is 5. The van der Waals surface area contributed by atoms with Crippen LogP contribution in [0.3, 0.4) is 0 Å². The third-order valence-corrected chi connectivity index (χ3v) is 2.24. The van der Waals surface area contributed by atoms with Crippen molar-refractivity contribution in [1.29, 1.82) is 0 Å². The molecule has 0 radical (unpaired) electrons. The molecule has 14 heavy (non-hydrogen) atoms. The first-order valence-corrected chi connectivity index (χ1v) is 5.40. The highest BCUT2D eigenvalue weighted by molar-refractivity contribution is 5.79. The number of hydrogen-bond acceptors (Lipinski definition) is 2. The molecule has 84 valence electrons. The van der Waals surface area contributed by atoms with Crippen LogP contribution >= 0.6 is 0 Å². The zero-order valence-corrected chi connectivity index (χ0v) is 10.1. The topological polar surface area (TPSA) is 46.3 Å². The molecule has 0 aromatic rings. The number of nitrogens with zero attached hydrogens (tertiary/aromatic N) is 1. The van der Waals surface area contributed by atoms with Gasteiger partial charge in [0.1, 0.15) is 0 Å². The molecule has 3 nitrogen and oxygen atoms in total. The molecule has 0 aromatic carbocycles. The molecule has 2 N–H and O–H groups in total. The smallest absolute Gasteiger partial charge is 0.226 e. The molecule has 0 aromatic heterocycles. The van der Waals surface area contributed by atoms with E-state index in [1.807, 2.05) is 25.7 Å². The van der Waals surface area contributed by atoms with E-state index >= 15 is 0 Å². The fourth-order valence-corrected chi connectivity index (χ4v) is 1.33. The van der Waals surface area contributed by atoms with Crippen LogP contribution in [0.4, 0.5) is 0 Å². The molecular formula is C11H24N2O.